The summed E-state index contributed by atoms with van der Waals surface area (Å²) >= 11 is 0. The predicted molar refractivity (Wildman–Crippen MR) is 72.5 cm³/mol. The Hall–Kier alpha value is -1.72. The molecule has 19 heavy (non-hydrogen) atoms. The highest BCUT2D eigenvalue weighted by Crippen LogP contribution is 2.31. The van der Waals surface area contributed by atoms with Gasteiger partial charge >= 0.3 is 0 Å². The minimum Gasteiger partial charge on any atom is -0.493 e. The van der Waals surface area contributed by atoms with Crippen molar-refractivity contribution in [2.45, 2.75) is 4.90 Å². The molecule has 0 bridgehead atoms. The van der Waals surface area contributed by atoms with Gasteiger partial charge in [-0.05, 0) is 36.4 Å². The lowest BCUT2D eigenvalue weighted by Crippen LogP contribution is -1.92. The van der Waals surface area contributed by atoms with E-state index in [9.17, 15) is 8.42 Å². The van der Waals surface area contributed by atoms with Gasteiger partial charge in [0.15, 0.2) is 11.5 Å². The third-order valence-corrected chi connectivity index (χ3v) is 3.77. The van der Waals surface area contributed by atoms with E-state index < -0.39 is 9.05 Å². The van der Waals surface area contributed by atoms with Crippen LogP contribution in [0.15, 0.2) is 53.4 Å². The molecule has 4 nitrogen and oxygen atoms in total. The monoisotopic (exact) mass is 298 g/mol. The maximum absolute atomic E-state index is 11.1. The molecule has 0 saturated heterocycles. The Kier molecular flexibility index (Phi) is 3.97. The molecule has 0 radical (unpaired) electrons. The first-order valence-electron chi connectivity index (χ1n) is 5.36. The fourth-order valence-electron chi connectivity index (χ4n) is 1.50. The van der Waals surface area contributed by atoms with Crippen LogP contribution in [0.5, 0.6) is 17.2 Å². The summed E-state index contributed by atoms with van der Waals surface area (Å²) in [4.78, 5) is 0.0292. The van der Waals surface area contributed by atoms with Gasteiger partial charge in [0.05, 0.1) is 12.0 Å². The average molecular weight is 299 g/mol. The van der Waals surface area contributed by atoms with Gasteiger partial charge in [-0.15, -0.1) is 0 Å². The second-order valence-corrected chi connectivity index (χ2v) is 6.23. The van der Waals surface area contributed by atoms with E-state index in [4.69, 9.17) is 20.2 Å². The van der Waals surface area contributed by atoms with Crippen molar-refractivity contribution in [3.05, 3.63) is 48.5 Å². The van der Waals surface area contributed by atoms with E-state index in [2.05, 4.69) is 0 Å². The Bertz CT molecular complexity index is 665. The Morgan fingerprint density at radius 2 is 1.53 bits per heavy atom. The van der Waals surface area contributed by atoms with E-state index in [1.54, 1.807) is 19.2 Å². The van der Waals surface area contributed by atoms with Crippen LogP contribution in [-0.2, 0) is 9.05 Å². The fraction of sp³-hybridized carbons (Fsp3) is 0.0769. The predicted octanol–water partition coefficient (Wildman–Crippen LogP) is 3.42. The maximum atomic E-state index is 11.1. The number of methoxy groups -OCH3 is 1. The van der Waals surface area contributed by atoms with Crippen LogP contribution in [-0.4, -0.2) is 15.5 Å². The lowest BCUT2D eigenvalue weighted by Gasteiger charge is -2.09. The first-order valence-corrected chi connectivity index (χ1v) is 7.67. The van der Waals surface area contributed by atoms with E-state index in [1.807, 2.05) is 12.1 Å². The standard InChI is InChI=1S/C13H11ClO4S/c1-17-12-4-2-3-5-13(12)18-10-6-8-11(9-7-10)19(14,15)16/h2-9H,1H3. The molecule has 0 aromatic heterocycles. The van der Waals surface area contributed by atoms with Gasteiger partial charge in [-0.3, -0.25) is 0 Å². The number of para-hydroxylation sites is 2. The Morgan fingerprint density at radius 1 is 0.947 bits per heavy atom. The Balaban J connectivity index is 2.25. The first-order chi connectivity index (χ1) is 9.00. The van der Waals surface area contributed by atoms with Gasteiger partial charge < -0.3 is 9.47 Å². The summed E-state index contributed by atoms with van der Waals surface area (Å²) in [7, 11) is 3.06. The molecule has 0 heterocycles. The van der Waals surface area contributed by atoms with Crippen LogP contribution < -0.4 is 9.47 Å². The van der Waals surface area contributed by atoms with Gasteiger partial charge in [-0.2, -0.15) is 0 Å². The highest BCUT2D eigenvalue weighted by Gasteiger charge is 2.10. The van der Waals surface area contributed by atoms with Gasteiger partial charge in [0.25, 0.3) is 9.05 Å². The topological polar surface area (TPSA) is 52.6 Å². The smallest absolute Gasteiger partial charge is 0.261 e. The molecule has 0 fully saturated rings. The molecule has 0 atom stereocenters. The Labute approximate surface area is 116 Å². The Morgan fingerprint density at radius 3 is 2.05 bits per heavy atom. The number of rotatable bonds is 4. The number of ether oxygens (including phenoxy) is 2. The minimum atomic E-state index is -3.71. The van der Waals surface area contributed by atoms with E-state index in [-0.39, 0.29) is 4.90 Å². The molecule has 0 aliphatic carbocycles. The molecule has 0 N–H and O–H groups in total. The number of hydrogen-bond acceptors (Lipinski definition) is 4. The van der Waals surface area contributed by atoms with Crippen molar-refractivity contribution in [3.63, 3.8) is 0 Å². The van der Waals surface area contributed by atoms with Gasteiger partial charge in [0, 0.05) is 10.7 Å². The minimum absolute atomic E-state index is 0.0292. The third-order valence-electron chi connectivity index (χ3n) is 2.40. The summed E-state index contributed by atoms with van der Waals surface area (Å²) in [5.74, 6) is 1.64. The summed E-state index contributed by atoms with van der Waals surface area (Å²) in [6.45, 7) is 0. The van der Waals surface area contributed by atoms with Crippen molar-refractivity contribution in [2.24, 2.45) is 0 Å². The highest BCUT2D eigenvalue weighted by atomic mass is 35.7. The lowest BCUT2D eigenvalue weighted by molar-refractivity contribution is 0.379. The normalized spacial score (nSPS) is 11.1. The molecule has 0 amide bonds. The maximum Gasteiger partial charge on any atom is 0.261 e. The molecule has 0 spiro atoms. The van der Waals surface area contributed by atoms with Gasteiger partial charge in [-0.25, -0.2) is 8.42 Å². The van der Waals surface area contributed by atoms with Crippen LogP contribution >= 0.6 is 10.7 Å². The number of benzene rings is 2. The summed E-state index contributed by atoms with van der Waals surface area (Å²) in [6.07, 6.45) is 0. The quantitative estimate of drug-likeness (QED) is 0.812. The summed E-state index contributed by atoms with van der Waals surface area (Å²) in [6, 6.07) is 13.0. The molecular weight excluding hydrogens is 288 g/mol. The van der Waals surface area contributed by atoms with Crippen molar-refractivity contribution in [3.8, 4) is 17.2 Å². The molecule has 2 aromatic rings. The first kappa shape index (κ1) is 13.7. The molecule has 0 aliphatic heterocycles. The fourth-order valence-corrected chi connectivity index (χ4v) is 2.27. The van der Waals surface area contributed by atoms with Crippen molar-refractivity contribution in [1.82, 2.24) is 0 Å². The molecule has 2 rings (SSSR count). The molecule has 0 aliphatic rings. The van der Waals surface area contributed by atoms with Gasteiger partial charge in [0.2, 0.25) is 0 Å². The van der Waals surface area contributed by atoms with E-state index in [1.165, 1.54) is 24.3 Å². The molecular formula is C13H11ClO4S. The molecule has 6 heteroatoms. The molecule has 100 valence electrons. The van der Waals surface area contributed by atoms with Gasteiger partial charge in [-0.1, -0.05) is 12.1 Å². The lowest BCUT2D eigenvalue weighted by atomic mass is 10.3. The zero-order valence-electron chi connectivity index (χ0n) is 10.0. The van der Waals surface area contributed by atoms with Crippen LogP contribution in [0.4, 0.5) is 0 Å². The zero-order chi connectivity index (χ0) is 13.9. The van der Waals surface area contributed by atoms with E-state index in [0.717, 1.165) is 0 Å². The second-order valence-electron chi connectivity index (χ2n) is 3.66. The van der Waals surface area contributed by atoms with E-state index >= 15 is 0 Å². The summed E-state index contributed by atoms with van der Waals surface area (Å²) in [5, 5.41) is 0. The van der Waals surface area contributed by atoms with Crippen LogP contribution in [0.25, 0.3) is 0 Å². The van der Waals surface area contributed by atoms with Crippen molar-refractivity contribution >= 4 is 19.7 Å². The molecule has 0 saturated carbocycles. The summed E-state index contributed by atoms with van der Waals surface area (Å²) in [5.41, 5.74) is 0. The van der Waals surface area contributed by atoms with Crippen LogP contribution in [0.2, 0.25) is 0 Å². The molecule has 2 aromatic carbocycles. The van der Waals surface area contributed by atoms with Crippen LogP contribution in [0.3, 0.4) is 0 Å². The third kappa shape index (κ3) is 3.39. The van der Waals surface area contributed by atoms with E-state index in [0.29, 0.717) is 17.2 Å². The molecule has 0 unspecified atom stereocenters. The van der Waals surface area contributed by atoms with Gasteiger partial charge in [0.1, 0.15) is 5.75 Å². The van der Waals surface area contributed by atoms with Crippen LogP contribution in [0.1, 0.15) is 0 Å². The van der Waals surface area contributed by atoms with Crippen molar-refractivity contribution < 1.29 is 17.9 Å². The zero-order valence-corrected chi connectivity index (χ0v) is 11.6. The summed E-state index contributed by atoms with van der Waals surface area (Å²) < 4.78 is 33.0. The number of halogens is 1. The largest absolute Gasteiger partial charge is 0.493 e. The SMILES string of the molecule is COc1ccccc1Oc1ccc(S(=O)(=O)Cl)cc1. The number of hydrogen-bond donors (Lipinski definition) is 0. The highest BCUT2D eigenvalue weighted by molar-refractivity contribution is 8.13. The van der Waals surface area contributed by atoms with Crippen molar-refractivity contribution in [1.29, 1.82) is 0 Å². The van der Waals surface area contributed by atoms with Crippen molar-refractivity contribution in [2.75, 3.05) is 7.11 Å². The second kappa shape index (κ2) is 5.50. The average Bonchev–Trinajstić information content (AvgIpc) is 2.39. The van der Waals surface area contributed by atoms with Crippen LogP contribution in [0, 0.1) is 0 Å².